The van der Waals surface area contributed by atoms with Gasteiger partial charge >= 0.3 is 6.18 Å². The molecule has 2 rings (SSSR count). The van der Waals surface area contributed by atoms with Crippen molar-refractivity contribution in [1.82, 2.24) is 4.98 Å². The molecule has 2 nitrogen and oxygen atoms in total. The monoisotopic (exact) mass is 200 g/mol. The number of hydrogen-bond acceptors (Lipinski definition) is 1. The van der Waals surface area contributed by atoms with E-state index < -0.39 is 11.7 Å². The van der Waals surface area contributed by atoms with Gasteiger partial charge in [0.25, 0.3) is 0 Å². The Balaban J connectivity index is 2.76. The highest BCUT2D eigenvalue weighted by molar-refractivity contribution is 5.92. The molecule has 14 heavy (non-hydrogen) atoms. The van der Waals surface area contributed by atoms with E-state index in [0.29, 0.717) is 11.2 Å². The molecule has 0 unspecified atom stereocenters. The quantitative estimate of drug-likeness (QED) is 0.631. The second kappa shape index (κ2) is 2.67. The lowest BCUT2D eigenvalue weighted by atomic mass is 10.1. The predicted molar refractivity (Wildman–Crippen MR) is 47.7 cm³/mol. The van der Waals surface area contributed by atoms with Gasteiger partial charge in [-0.05, 0) is 6.07 Å². The maximum atomic E-state index is 12.4. The summed E-state index contributed by atoms with van der Waals surface area (Å²) in [4.78, 5) is 2.52. The van der Waals surface area contributed by atoms with Crippen LogP contribution in [-0.2, 0) is 6.18 Å². The van der Waals surface area contributed by atoms with Crippen molar-refractivity contribution in [2.45, 2.75) is 6.18 Å². The molecule has 0 radical (unpaired) electrons. The van der Waals surface area contributed by atoms with Crippen molar-refractivity contribution in [3.05, 3.63) is 30.0 Å². The number of alkyl halides is 3. The molecule has 2 aromatic rings. The Labute approximate surface area is 77.5 Å². The van der Waals surface area contributed by atoms with E-state index in [4.69, 9.17) is 5.73 Å². The number of fused-ring (bicyclic) bond motifs is 1. The Kier molecular flexibility index (Phi) is 1.70. The third-order valence-corrected chi connectivity index (χ3v) is 2.05. The topological polar surface area (TPSA) is 41.8 Å². The molecular formula is C9H7F3N2. The van der Waals surface area contributed by atoms with Gasteiger partial charge in [0.15, 0.2) is 0 Å². The van der Waals surface area contributed by atoms with Gasteiger partial charge in [-0.3, -0.25) is 0 Å². The summed E-state index contributed by atoms with van der Waals surface area (Å²) in [7, 11) is 0. The van der Waals surface area contributed by atoms with Gasteiger partial charge in [0, 0.05) is 11.6 Å². The average Bonchev–Trinajstić information content (AvgIpc) is 2.47. The lowest BCUT2D eigenvalue weighted by molar-refractivity contribution is -0.136. The minimum Gasteiger partial charge on any atom is -0.397 e. The highest BCUT2D eigenvalue weighted by Gasteiger charge is 2.33. The van der Waals surface area contributed by atoms with Crippen molar-refractivity contribution in [3.8, 4) is 0 Å². The Morgan fingerprint density at radius 1 is 1.21 bits per heavy atom. The number of nitrogens with one attached hydrogen (secondary N) is 1. The minimum absolute atomic E-state index is 0.109. The smallest absolute Gasteiger partial charge is 0.397 e. The molecule has 0 amide bonds. The van der Waals surface area contributed by atoms with Crippen LogP contribution in [0.1, 0.15) is 5.56 Å². The molecule has 0 spiro atoms. The normalized spacial score (nSPS) is 12.2. The largest absolute Gasteiger partial charge is 0.418 e. The van der Waals surface area contributed by atoms with Crippen LogP contribution >= 0.6 is 0 Å². The van der Waals surface area contributed by atoms with Crippen molar-refractivity contribution in [3.63, 3.8) is 0 Å². The van der Waals surface area contributed by atoms with Crippen LogP contribution in [0, 0.1) is 0 Å². The number of nitrogens with two attached hydrogens (primary N) is 1. The number of rotatable bonds is 0. The highest BCUT2D eigenvalue weighted by Crippen LogP contribution is 2.35. The zero-order valence-corrected chi connectivity index (χ0v) is 7.02. The van der Waals surface area contributed by atoms with Gasteiger partial charge in [0.2, 0.25) is 0 Å². The van der Waals surface area contributed by atoms with Crippen LogP contribution in [0.4, 0.5) is 18.9 Å². The molecule has 3 N–H and O–H groups in total. The van der Waals surface area contributed by atoms with Gasteiger partial charge in [-0.1, -0.05) is 12.1 Å². The number of anilines is 1. The molecule has 0 bridgehead atoms. The molecule has 0 aliphatic rings. The molecule has 0 aliphatic carbocycles. The van der Waals surface area contributed by atoms with Crippen LogP contribution in [-0.4, -0.2) is 4.98 Å². The molecule has 1 aromatic heterocycles. The summed E-state index contributed by atoms with van der Waals surface area (Å²) in [6, 6.07) is 4.45. The van der Waals surface area contributed by atoms with Gasteiger partial charge in [-0.15, -0.1) is 0 Å². The summed E-state index contributed by atoms with van der Waals surface area (Å²) in [6.45, 7) is 0. The van der Waals surface area contributed by atoms with Crippen LogP contribution in [0.5, 0.6) is 0 Å². The maximum Gasteiger partial charge on any atom is 0.418 e. The fraction of sp³-hybridized carbons (Fsp3) is 0.111. The molecule has 0 atom stereocenters. The number of aromatic nitrogens is 1. The second-order valence-electron chi connectivity index (χ2n) is 2.97. The molecule has 1 heterocycles. The highest BCUT2D eigenvalue weighted by atomic mass is 19.4. The first kappa shape index (κ1) is 8.93. The van der Waals surface area contributed by atoms with Crippen molar-refractivity contribution in [2.75, 3.05) is 5.73 Å². The standard InChI is InChI=1S/C9H7F3N2/c10-9(11,12)6-4-14-8-5(6)2-1-3-7(8)13/h1-4,14H,13H2. The van der Waals surface area contributed by atoms with Crippen LogP contribution in [0.15, 0.2) is 24.4 Å². The summed E-state index contributed by atoms with van der Waals surface area (Å²) < 4.78 is 37.3. The van der Waals surface area contributed by atoms with Gasteiger partial charge in [0.05, 0.1) is 16.8 Å². The number of H-pyrrole nitrogens is 1. The Bertz CT molecular complexity index is 470. The number of para-hydroxylation sites is 1. The molecule has 0 saturated carbocycles. The van der Waals surface area contributed by atoms with Crippen LogP contribution in [0.3, 0.4) is 0 Å². The van der Waals surface area contributed by atoms with E-state index in [2.05, 4.69) is 4.98 Å². The van der Waals surface area contributed by atoms with Gasteiger partial charge in [-0.2, -0.15) is 13.2 Å². The summed E-state index contributed by atoms with van der Waals surface area (Å²) in [5.74, 6) is 0. The van der Waals surface area contributed by atoms with E-state index in [9.17, 15) is 13.2 Å². The lowest BCUT2D eigenvalue weighted by Crippen LogP contribution is -2.03. The molecule has 0 saturated heterocycles. The zero-order chi connectivity index (χ0) is 10.3. The van der Waals surface area contributed by atoms with E-state index in [-0.39, 0.29) is 5.39 Å². The Hall–Kier alpha value is -1.65. The van der Waals surface area contributed by atoms with Crippen LogP contribution < -0.4 is 5.73 Å². The first-order chi connectivity index (χ1) is 6.50. The molecular weight excluding hydrogens is 193 g/mol. The van der Waals surface area contributed by atoms with E-state index in [0.717, 1.165) is 6.20 Å². The number of benzene rings is 1. The average molecular weight is 200 g/mol. The fourth-order valence-corrected chi connectivity index (χ4v) is 1.41. The molecule has 1 aromatic carbocycles. The van der Waals surface area contributed by atoms with E-state index in [1.165, 1.54) is 12.1 Å². The second-order valence-corrected chi connectivity index (χ2v) is 2.97. The van der Waals surface area contributed by atoms with Gasteiger partial charge in [-0.25, -0.2) is 0 Å². The number of halogens is 3. The molecule has 0 fully saturated rings. The molecule has 0 aliphatic heterocycles. The number of nitrogen functional groups attached to an aromatic ring is 1. The van der Waals surface area contributed by atoms with Crippen molar-refractivity contribution >= 4 is 16.6 Å². The van der Waals surface area contributed by atoms with Crippen molar-refractivity contribution in [1.29, 1.82) is 0 Å². The SMILES string of the molecule is Nc1cccc2c(C(F)(F)F)c[nH]c12. The van der Waals surface area contributed by atoms with Crippen molar-refractivity contribution in [2.24, 2.45) is 0 Å². The molecule has 5 heteroatoms. The summed E-state index contributed by atoms with van der Waals surface area (Å²) in [6.07, 6.45) is -3.41. The van der Waals surface area contributed by atoms with E-state index >= 15 is 0 Å². The Morgan fingerprint density at radius 2 is 1.93 bits per heavy atom. The lowest BCUT2D eigenvalue weighted by Gasteiger charge is -2.03. The van der Waals surface area contributed by atoms with Crippen molar-refractivity contribution < 1.29 is 13.2 Å². The summed E-state index contributed by atoms with van der Waals surface area (Å²) in [5, 5.41) is 0.109. The fourth-order valence-electron chi connectivity index (χ4n) is 1.41. The third-order valence-electron chi connectivity index (χ3n) is 2.05. The van der Waals surface area contributed by atoms with Crippen LogP contribution in [0.25, 0.3) is 10.9 Å². The summed E-state index contributed by atoms with van der Waals surface area (Å²) in [5.41, 5.74) is 5.48. The zero-order valence-electron chi connectivity index (χ0n) is 7.02. The van der Waals surface area contributed by atoms with Gasteiger partial charge in [0.1, 0.15) is 0 Å². The Morgan fingerprint density at radius 3 is 2.57 bits per heavy atom. The number of aromatic amines is 1. The minimum atomic E-state index is -4.34. The molecule has 74 valence electrons. The number of hydrogen-bond donors (Lipinski definition) is 2. The first-order valence-electron chi connectivity index (χ1n) is 3.93. The van der Waals surface area contributed by atoms with Crippen LogP contribution in [0.2, 0.25) is 0 Å². The third kappa shape index (κ3) is 1.21. The predicted octanol–water partition coefficient (Wildman–Crippen LogP) is 2.77. The van der Waals surface area contributed by atoms with E-state index in [1.54, 1.807) is 6.07 Å². The first-order valence-corrected chi connectivity index (χ1v) is 3.93. The van der Waals surface area contributed by atoms with E-state index in [1.807, 2.05) is 0 Å². The maximum absolute atomic E-state index is 12.4. The van der Waals surface area contributed by atoms with Gasteiger partial charge < -0.3 is 10.7 Å². The summed E-state index contributed by atoms with van der Waals surface area (Å²) >= 11 is 0.